The Bertz CT molecular complexity index is 645. The molecule has 21 heavy (non-hydrogen) atoms. The third-order valence-electron chi connectivity index (χ3n) is 2.89. The minimum absolute atomic E-state index is 0.276. The van der Waals surface area contributed by atoms with E-state index in [2.05, 4.69) is 27.5 Å². The molecule has 5 nitrogen and oxygen atoms in total. The molecule has 2 rings (SSSR count). The zero-order valence-electron chi connectivity index (χ0n) is 12.0. The molecular formula is C15H17ClN4O. The van der Waals surface area contributed by atoms with Gasteiger partial charge in [0.1, 0.15) is 17.8 Å². The minimum Gasteiger partial charge on any atom is -0.370 e. The van der Waals surface area contributed by atoms with Crippen molar-refractivity contribution in [2.45, 2.75) is 20.3 Å². The molecule has 0 saturated carbocycles. The van der Waals surface area contributed by atoms with Crippen LogP contribution in [0.15, 0.2) is 30.6 Å². The Morgan fingerprint density at radius 2 is 2.10 bits per heavy atom. The number of anilines is 2. The fourth-order valence-corrected chi connectivity index (χ4v) is 2.01. The van der Waals surface area contributed by atoms with Gasteiger partial charge in [-0.3, -0.25) is 4.79 Å². The molecule has 0 radical (unpaired) electrons. The van der Waals surface area contributed by atoms with Crippen LogP contribution in [0.1, 0.15) is 29.4 Å². The maximum atomic E-state index is 12.2. The van der Waals surface area contributed by atoms with Gasteiger partial charge in [0.15, 0.2) is 0 Å². The van der Waals surface area contributed by atoms with Gasteiger partial charge in [0.05, 0.1) is 0 Å². The standard InChI is InChI=1S/C15H17ClN4O/c1-3-6-17-14-8-13(18-9-19-14)15(21)20-12-5-4-11(16)7-10(12)2/h4-5,7-9H,3,6H2,1-2H3,(H,20,21)(H,17,18,19). The second-order valence-corrected chi connectivity index (χ2v) is 5.07. The molecule has 0 unspecified atom stereocenters. The number of benzene rings is 1. The molecule has 1 heterocycles. The summed E-state index contributed by atoms with van der Waals surface area (Å²) in [6, 6.07) is 6.94. The maximum Gasteiger partial charge on any atom is 0.274 e. The van der Waals surface area contributed by atoms with E-state index in [1.165, 1.54) is 6.33 Å². The van der Waals surface area contributed by atoms with Crippen LogP contribution >= 0.6 is 11.6 Å². The SMILES string of the molecule is CCCNc1cc(C(=O)Nc2ccc(Cl)cc2C)ncn1. The van der Waals surface area contributed by atoms with Crippen molar-refractivity contribution in [3.05, 3.63) is 46.9 Å². The van der Waals surface area contributed by atoms with Gasteiger partial charge in [-0.25, -0.2) is 9.97 Å². The molecule has 0 saturated heterocycles. The van der Waals surface area contributed by atoms with Crippen molar-refractivity contribution in [3.63, 3.8) is 0 Å². The molecular weight excluding hydrogens is 288 g/mol. The molecule has 0 aliphatic heterocycles. The molecule has 0 spiro atoms. The van der Waals surface area contributed by atoms with Gasteiger partial charge in [0.2, 0.25) is 0 Å². The van der Waals surface area contributed by atoms with Crippen molar-refractivity contribution in [2.75, 3.05) is 17.2 Å². The van der Waals surface area contributed by atoms with E-state index in [1.807, 2.05) is 6.92 Å². The van der Waals surface area contributed by atoms with Gasteiger partial charge >= 0.3 is 0 Å². The van der Waals surface area contributed by atoms with Gasteiger partial charge in [0.25, 0.3) is 5.91 Å². The first-order valence-electron chi connectivity index (χ1n) is 6.73. The zero-order valence-corrected chi connectivity index (χ0v) is 12.7. The van der Waals surface area contributed by atoms with E-state index in [0.717, 1.165) is 18.5 Å². The number of hydrogen-bond donors (Lipinski definition) is 2. The highest BCUT2D eigenvalue weighted by molar-refractivity contribution is 6.30. The highest BCUT2D eigenvalue weighted by atomic mass is 35.5. The lowest BCUT2D eigenvalue weighted by Crippen LogP contribution is -2.15. The number of amides is 1. The fraction of sp³-hybridized carbons (Fsp3) is 0.267. The molecule has 0 aliphatic rings. The van der Waals surface area contributed by atoms with Crippen molar-refractivity contribution in [1.82, 2.24) is 9.97 Å². The Morgan fingerprint density at radius 1 is 1.29 bits per heavy atom. The summed E-state index contributed by atoms with van der Waals surface area (Å²) in [5.41, 5.74) is 1.93. The van der Waals surface area contributed by atoms with Crippen molar-refractivity contribution < 1.29 is 4.79 Å². The van der Waals surface area contributed by atoms with Crippen LogP contribution < -0.4 is 10.6 Å². The fourth-order valence-electron chi connectivity index (χ4n) is 1.78. The molecule has 0 bridgehead atoms. The third kappa shape index (κ3) is 4.16. The van der Waals surface area contributed by atoms with Crippen molar-refractivity contribution in [1.29, 1.82) is 0 Å². The molecule has 1 aromatic heterocycles. The van der Waals surface area contributed by atoms with Gasteiger partial charge < -0.3 is 10.6 Å². The van der Waals surface area contributed by atoms with Gasteiger partial charge in [-0.2, -0.15) is 0 Å². The molecule has 0 fully saturated rings. The highest BCUT2D eigenvalue weighted by Gasteiger charge is 2.10. The van der Waals surface area contributed by atoms with E-state index in [9.17, 15) is 4.79 Å². The lowest BCUT2D eigenvalue weighted by molar-refractivity contribution is 0.102. The first kappa shape index (κ1) is 15.3. The predicted octanol–water partition coefficient (Wildman–Crippen LogP) is 3.51. The molecule has 110 valence electrons. The van der Waals surface area contributed by atoms with Crippen LogP contribution in [0.25, 0.3) is 0 Å². The zero-order chi connectivity index (χ0) is 15.2. The quantitative estimate of drug-likeness (QED) is 0.887. The van der Waals surface area contributed by atoms with Gasteiger partial charge in [-0.1, -0.05) is 18.5 Å². The van der Waals surface area contributed by atoms with Crippen LogP contribution in [-0.4, -0.2) is 22.4 Å². The first-order chi connectivity index (χ1) is 10.1. The van der Waals surface area contributed by atoms with Crippen LogP contribution in [0.2, 0.25) is 5.02 Å². The van der Waals surface area contributed by atoms with Gasteiger partial charge in [0, 0.05) is 23.3 Å². The van der Waals surface area contributed by atoms with E-state index in [1.54, 1.807) is 24.3 Å². The Morgan fingerprint density at radius 3 is 2.81 bits per heavy atom. The van der Waals surface area contributed by atoms with Crippen molar-refractivity contribution in [2.24, 2.45) is 0 Å². The summed E-state index contributed by atoms with van der Waals surface area (Å²) >= 11 is 5.90. The van der Waals surface area contributed by atoms with Gasteiger partial charge in [-0.15, -0.1) is 0 Å². The number of halogens is 1. The average Bonchev–Trinajstić information content (AvgIpc) is 2.48. The smallest absolute Gasteiger partial charge is 0.274 e. The Labute approximate surface area is 128 Å². The number of carbonyl (C=O) groups excluding carboxylic acids is 1. The molecule has 0 atom stereocenters. The first-order valence-corrected chi connectivity index (χ1v) is 7.11. The van der Waals surface area contributed by atoms with Crippen LogP contribution in [0.4, 0.5) is 11.5 Å². The lowest BCUT2D eigenvalue weighted by atomic mass is 10.2. The monoisotopic (exact) mass is 304 g/mol. The second kappa shape index (κ2) is 7.04. The molecule has 2 aromatic rings. The molecule has 1 amide bonds. The summed E-state index contributed by atoms with van der Waals surface area (Å²) in [5.74, 6) is 0.368. The van der Waals surface area contributed by atoms with Crippen molar-refractivity contribution >= 4 is 29.0 Å². The Balaban J connectivity index is 2.12. The van der Waals surface area contributed by atoms with Crippen molar-refractivity contribution in [3.8, 4) is 0 Å². The number of nitrogens with zero attached hydrogens (tertiary/aromatic N) is 2. The number of aryl methyl sites for hydroxylation is 1. The molecule has 1 aromatic carbocycles. The minimum atomic E-state index is -0.276. The molecule has 0 aliphatic carbocycles. The van der Waals surface area contributed by atoms with Crippen LogP contribution in [0, 0.1) is 6.92 Å². The van der Waals surface area contributed by atoms with Crippen LogP contribution in [0.3, 0.4) is 0 Å². The number of rotatable bonds is 5. The van der Waals surface area contributed by atoms with E-state index < -0.39 is 0 Å². The van der Waals surface area contributed by atoms with Crippen LogP contribution in [-0.2, 0) is 0 Å². The number of aromatic nitrogens is 2. The summed E-state index contributed by atoms with van der Waals surface area (Å²) in [4.78, 5) is 20.3. The second-order valence-electron chi connectivity index (χ2n) is 4.63. The predicted molar refractivity (Wildman–Crippen MR) is 85.0 cm³/mol. The molecule has 2 N–H and O–H groups in total. The summed E-state index contributed by atoms with van der Waals surface area (Å²) < 4.78 is 0. The van der Waals surface area contributed by atoms with E-state index >= 15 is 0 Å². The summed E-state index contributed by atoms with van der Waals surface area (Å²) in [5, 5.41) is 6.58. The highest BCUT2D eigenvalue weighted by Crippen LogP contribution is 2.20. The Kier molecular flexibility index (Phi) is 5.11. The van der Waals surface area contributed by atoms with E-state index in [-0.39, 0.29) is 5.91 Å². The molecule has 6 heteroatoms. The summed E-state index contributed by atoms with van der Waals surface area (Å²) in [7, 11) is 0. The van der Waals surface area contributed by atoms with Crippen LogP contribution in [0.5, 0.6) is 0 Å². The topological polar surface area (TPSA) is 66.9 Å². The average molecular weight is 305 g/mol. The maximum absolute atomic E-state index is 12.2. The third-order valence-corrected chi connectivity index (χ3v) is 3.13. The summed E-state index contributed by atoms with van der Waals surface area (Å²) in [6.45, 7) is 4.75. The largest absolute Gasteiger partial charge is 0.370 e. The lowest BCUT2D eigenvalue weighted by Gasteiger charge is -2.09. The Hall–Kier alpha value is -2.14. The van der Waals surface area contributed by atoms with E-state index in [0.29, 0.717) is 22.2 Å². The van der Waals surface area contributed by atoms with Gasteiger partial charge in [-0.05, 0) is 37.1 Å². The summed E-state index contributed by atoms with van der Waals surface area (Å²) in [6.07, 6.45) is 2.36. The number of nitrogens with one attached hydrogen (secondary N) is 2. The van der Waals surface area contributed by atoms with E-state index in [4.69, 9.17) is 11.6 Å². The normalized spacial score (nSPS) is 10.2. The number of hydrogen-bond acceptors (Lipinski definition) is 4. The number of carbonyl (C=O) groups is 1.